The Hall–Kier alpha value is -1.15. The molecule has 1 aromatic rings. The van der Waals surface area contributed by atoms with E-state index >= 15 is 0 Å². The van der Waals surface area contributed by atoms with Crippen LogP contribution in [0, 0.1) is 0 Å². The van der Waals surface area contributed by atoms with E-state index in [-0.39, 0.29) is 5.78 Å². The van der Waals surface area contributed by atoms with Crippen LogP contribution in [0.2, 0.25) is 0 Å². The molecule has 1 atom stereocenters. The van der Waals surface area contributed by atoms with Gasteiger partial charge in [0.2, 0.25) is 0 Å². The first-order valence-corrected chi connectivity index (χ1v) is 6.98. The third-order valence-corrected chi connectivity index (χ3v) is 4.04. The highest BCUT2D eigenvalue weighted by atomic mass is 16.1. The van der Waals surface area contributed by atoms with E-state index in [0.717, 1.165) is 18.4 Å². The minimum absolute atomic E-state index is 0.0597. The van der Waals surface area contributed by atoms with Crippen molar-refractivity contribution < 1.29 is 4.79 Å². The lowest BCUT2D eigenvalue weighted by molar-refractivity contribution is 0.0893. The normalized spacial score (nSPS) is 19.1. The topological polar surface area (TPSA) is 43.1 Å². The van der Waals surface area contributed by atoms with Gasteiger partial charge in [-0.05, 0) is 37.7 Å². The lowest BCUT2D eigenvalue weighted by Crippen LogP contribution is -2.44. The van der Waals surface area contributed by atoms with E-state index < -0.39 is 5.54 Å². The Morgan fingerprint density at radius 2 is 1.94 bits per heavy atom. The van der Waals surface area contributed by atoms with Crippen molar-refractivity contribution in [3.63, 3.8) is 0 Å². The molecule has 1 fully saturated rings. The Bertz CT molecular complexity index is 415. The number of hydrogen-bond donors (Lipinski definition) is 1. The Morgan fingerprint density at radius 3 is 2.39 bits per heavy atom. The smallest absolute Gasteiger partial charge is 0.182 e. The summed E-state index contributed by atoms with van der Waals surface area (Å²) < 4.78 is 0. The molecule has 98 valence electrons. The summed E-state index contributed by atoms with van der Waals surface area (Å²) in [5.74, 6) is 0.776. The third-order valence-electron chi connectivity index (χ3n) is 4.04. The third kappa shape index (κ3) is 2.64. The van der Waals surface area contributed by atoms with Gasteiger partial charge in [0.1, 0.15) is 0 Å². The van der Waals surface area contributed by atoms with Crippen LogP contribution >= 0.6 is 0 Å². The highest BCUT2D eigenvalue weighted by Gasteiger charge is 2.28. The van der Waals surface area contributed by atoms with Crippen molar-refractivity contribution in [1.29, 1.82) is 0 Å². The van der Waals surface area contributed by atoms with Crippen LogP contribution in [0.25, 0.3) is 0 Å². The summed E-state index contributed by atoms with van der Waals surface area (Å²) in [6.07, 6.45) is 5.58. The summed E-state index contributed by atoms with van der Waals surface area (Å²) >= 11 is 0. The van der Waals surface area contributed by atoms with Crippen molar-refractivity contribution in [1.82, 2.24) is 0 Å². The molecule has 1 aliphatic carbocycles. The van der Waals surface area contributed by atoms with Crippen LogP contribution in [0.1, 0.15) is 67.8 Å². The van der Waals surface area contributed by atoms with Gasteiger partial charge in [-0.25, -0.2) is 0 Å². The predicted molar refractivity (Wildman–Crippen MR) is 74.9 cm³/mol. The molecule has 2 heteroatoms. The van der Waals surface area contributed by atoms with Crippen LogP contribution in [0.4, 0.5) is 0 Å². The number of nitrogens with two attached hydrogens (primary N) is 1. The second-order valence-corrected chi connectivity index (χ2v) is 5.75. The lowest BCUT2D eigenvalue weighted by Gasteiger charge is -2.26. The van der Waals surface area contributed by atoms with E-state index in [1.807, 2.05) is 19.1 Å². The number of hydrogen-bond acceptors (Lipinski definition) is 2. The molecular formula is C16H23NO. The monoisotopic (exact) mass is 245 g/mol. The molecule has 18 heavy (non-hydrogen) atoms. The zero-order chi connectivity index (χ0) is 13.2. The number of Topliss-reactive ketones (excluding diaryl/α,β-unsaturated/α-hetero) is 1. The van der Waals surface area contributed by atoms with Crippen LogP contribution in [0.5, 0.6) is 0 Å². The number of carbonyl (C=O) groups is 1. The summed E-state index contributed by atoms with van der Waals surface area (Å²) in [6, 6.07) is 8.08. The zero-order valence-electron chi connectivity index (χ0n) is 11.4. The van der Waals surface area contributed by atoms with Crippen molar-refractivity contribution in [2.24, 2.45) is 5.73 Å². The predicted octanol–water partition coefficient (Wildman–Crippen LogP) is 3.65. The fraction of sp³-hybridized carbons (Fsp3) is 0.562. The van der Waals surface area contributed by atoms with Crippen LogP contribution < -0.4 is 5.73 Å². The zero-order valence-corrected chi connectivity index (χ0v) is 11.4. The molecule has 0 bridgehead atoms. The van der Waals surface area contributed by atoms with Gasteiger partial charge in [0.25, 0.3) is 0 Å². The Kier molecular flexibility index (Phi) is 3.86. The summed E-state index contributed by atoms with van der Waals surface area (Å²) in [5.41, 5.74) is 7.47. The first kappa shape index (κ1) is 13.3. The molecule has 2 nitrogen and oxygen atoms in total. The largest absolute Gasteiger partial charge is 0.319 e. The molecule has 1 unspecified atom stereocenters. The van der Waals surface area contributed by atoms with Gasteiger partial charge in [0.15, 0.2) is 5.78 Å². The van der Waals surface area contributed by atoms with Gasteiger partial charge < -0.3 is 5.73 Å². The fourth-order valence-electron chi connectivity index (χ4n) is 2.61. The van der Waals surface area contributed by atoms with Crippen LogP contribution in [0.15, 0.2) is 24.3 Å². The first-order chi connectivity index (χ1) is 8.54. The van der Waals surface area contributed by atoms with E-state index in [2.05, 4.69) is 19.1 Å². The highest BCUT2D eigenvalue weighted by molar-refractivity contribution is 6.02. The first-order valence-electron chi connectivity index (χ1n) is 6.98. The summed E-state index contributed by atoms with van der Waals surface area (Å²) in [4.78, 5) is 12.3. The Labute approximate surface area is 110 Å². The summed E-state index contributed by atoms with van der Waals surface area (Å²) in [6.45, 7) is 3.89. The van der Waals surface area contributed by atoms with E-state index in [1.165, 1.54) is 24.8 Å². The molecule has 0 spiro atoms. The number of benzene rings is 1. The van der Waals surface area contributed by atoms with Gasteiger partial charge in [-0.1, -0.05) is 44.0 Å². The van der Waals surface area contributed by atoms with Crippen LogP contribution in [0.3, 0.4) is 0 Å². The molecule has 0 aliphatic heterocycles. The molecule has 2 N–H and O–H groups in total. The fourth-order valence-corrected chi connectivity index (χ4v) is 2.61. The molecule has 1 saturated carbocycles. The minimum Gasteiger partial charge on any atom is -0.319 e. The standard InChI is InChI=1S/C16H23NO/c1-3-11-16(2,17)15(18)14-9-7-13(8-10-14)12-5-4-6-12/h7-10,12H,3-6,11,17H2,1-2H3. The molecule has 1 aromatic carbocycles. The maximum atomic E-state index is 12.3. The highest BCUT2D eigenvalue weighted by Crippen LogP contribution is 2.36. The lowest BCUT2D eigenvalue weighted by atomic mass is 9.79. The van der Waals surface area contributed by atoms with Gasteiger partial charge in [0.05, 0.1) is 5.54 Å². The van der Waals surface area contributed by atoms with E-state index in [1.54, 1.807) is 0 Å². The molecule has 2 rings (SSSR count). The van der Waals surface area contributed by atoms with Gasteiger partial charge >= 0.3 is 0 Å². The van der Waals surface area contributed by atoms with Crippen molar-refractivity contribution >= 4 is 5.78 Å². The van der Waals surface area contributed by atoms with E-state index in [4.69, 9.17) is 5.73 Å². The number of carbonyl (C=O) groups excluding carboxylic acids is 1. The summed E-state index contributed by atoms with van der Waals surface area (Å²) in [7, 11) is 0. The quantitative estimate of drug-likeness (QED) is 0.804. The molecule has 0 aromatic heterocycles. The van der Waals surface area contributed by atoms with Gasteiger partial charge in [-0.15, -0.1) is 0 Å². The van der Waals surface area contributed by atoms with Crippen LogP contribution in [-0.2, 0) is 0 Å². The average molecular weight is 245 g/mol. The SMILES string of the molecule is CCCC(C)(N)C(=O)c1ccc(C2CCC2)cc1. The molecule has 0 saturated heterocycles. The van der Waals surface area contributed by atoms with Gasteiger partial charge in [-0.2, -0.15) is 0 Å². The summed E-state index contributed by atoms with van der Waals surface area (Å²) in [5, 5.41) is 0. The Balaban J connectivity index is 2.11. The number of ketones is 1. The van der Waals surface area contributed by atoms with E-state index in [0.29, 0.717) is 5.92 Å². The van der Waals surface area contributed by atoms with Crippen molar-refractivity contribution in [2.45, 2.75) is 57.4 Å². The minimum atomic E-state index is -0.729. The van der Waals surface area contributed by atoms with Gasteiger partial charge in [0, 0.05) is 5.56 Å². The van der Waals surface area contributed by atoms with Gasteiger partial charge in [-0.3, -0.25) is 4.79 Å². The second kappa shape index (κ2) is 5.23. The molecule has 1 aliphatic rings. The average Bonchev–Trinajstić information content (AvgIpc) is 2.27. The van der Waals surface area contributed by atoms with Crippen LogP contribution in [-0.4, -0.2) is 11.3 Å². The number of rotatable bonds is 5. The van der Waals surface area contributed by atoms with Crippen molar-refractivity contribution in [3.8, 4) is 0 Å². The van der Waals surface area contributed by atoms with Crippen molar-refractivity contribution in [2.75, 3.05) is 0 Å². The Morgan fingerprint density at radius 1 is 1.33 bits per heavy atom. The maximum Gasteiger partial charge on any atom is 0.182 e. The second-order valence-electron chi connectivity index (χ2n) is 5.75. The molecule has 0 heterocycles. The molecule has 0 radical (unpaired) electrons. The maximum absolute atomic E-state index is 12.3. The molecule has 0 amide bonds. The molecular weight excluding hydrogens is 222 g/mol. The van der Waals surface area contributed by atoms with E-state index in [9.17, 15) is 4.79 Å². The van der Waals surface area contributed by atoms with Crippen molar-refractivity contribution in [3.05, 3.63) is 35.4 Å².